The lowest BCUT2D eigenvalue weighted by molar-refractivity contribution is -0.380. The van der Waals surface area contributed by atoms with E-state index >= 15 is 0 Å². The third kappa shape index (κ3) is 4.74. The molecule has 1 amide bonds. The molecule has 2 aromatic heterocycles. The highest BCUT2D eigenvalue weighted by molar-refractivity contribution is 7.22. The van der Waals surface area contributed by atoms with Gasteiger partial charge in [0.15, 0.2) is 5.13 Å². The molecule has 3 rings (SSSR count). The van der Waals surface area contributed by atoms with Gasteiger partial charge in [-0.1, -0.05) is 40.3 Å². The second-order valence-corrected chi connectivity index (χ2v) is 8.65. The lowest BCUT2D eigenvalue weighted by atomic mass is 10.3. The molecule has 0 N–H and O–H groups in total. The van der Waals surface area contributed by atoms with E-state index in [-0.39, 0.29) is 10.9 Å². The van der Waals surface area contributed by atoms with Crippen LogP contribution in [0.5, 0.6) is 0 Å². The molecule has 1 aromatic carbocycles. The van der Waals surface area contributed by atoms with E-state index < -0.39 is 4.92 Å². The molecule has 0 spiro atoms. The summed E-state index contributed by atoms with van der Waals surface area (Å²) in [5.74, 6) is -0.243. The van der Waals surface area contributed by atoms with E-state index in [0.29, 0.717) is 33.6 Å². The molecule has 2 heterocycles. The Morgan fingerprint density at radius 1 is 1.25 bits per heavy atom. The molecule has 0 aliphatic rings. The zero-order valence-corrected chi connectivity index (χ0v) is 17.6. The molecule has 0 unspecified atom stereocenters. The first-order valence-electron chi connectivity index (χ1n) is 8.29. The molecular weight excluding hydrogens is 420 g/mol. The van der Waals surface area contributed by atoms with E-state index in [9.17, 15) is 14.9 Å². The van der Waals surface area contributed by atoms with Crippen molar-refractivity contribution in [2.75, 3.05) is 32.1 Å². The highest BCUT2D eigenvalue weighted by Gasteiger charge is 2.19. The van der Waals surface area contributed by atoms with Gasteiger partial charge in [0.1, 0.15) is 5.52 Å². The Kier molecular flexibility index (Phi) is 6.40. The van der Waals surface area contributed by atoms with Crippen molar-refractivity contribution in [2.45, 2.75) is 0 Å². The van der Waals surface area contributed by atoms with Crippen molar-refractivity contribution >= 4 is 66.6 Å². The fourth-order valence-corrected chi connectivity index (χ4v) is 4.41. The third-order valence-electron chi connectivity index (χ3n) is 3.81. The summed E-state index contributed by atoms with van der Waals surface area (Å²) < 4.78 is 0.906. The Labute approximate surface area is 174 Å². The van der Waals surface area contributed by atoms with Gasteiger partial charge in [0.25, 0.3) is 5.91 Å². The molecule has 0 fully saturated rings. The minimum Gasteiger partial charge on any atom is -0.308 e. The minimum absolute atomic E-state index is 0.0392. The van der Waals surface area contributed by atoms with Crippen LogP contribution in [0.4, 0.5) is 10.1 Å². The zero-order chi connectivity index (χ0) is 20.3. The second-order valence-electron chi connectivity index (χ2n) is 6.14. The summed E-state index contributed by atoms with van der Waals surface area (Å²) in [6.07, 6.45) is 3.00. The standard InChI is InChI=1S/C18H17ClN4O3S2/c1-21(2)10-11-22(18-20-17-13(19)4-3-5-14(17)28-18)15(24)8-6-12-7-9-16(27-12)23(25)26/h3-9H,10-11H2,1-2H3/b8-6+. The third-order valence-corrected chi connectivity index (χ3v) is 6.16. The van der Waals surface area contributed by atoms with Crippen LogP contribution < -0.4 is 4.90 Å². The number of rotatable bonds is 7. The van der Waals surface area contributed by atoms with Crippen molar-refractivity contribution in [3.05, 3.63) is 56.4 Å². The van der Waals surface area contributed by atoms with Gasteiger partial charge >= 0.3 is 5.00 Å². The zero-order valence-electron chi connectivity index (χ0n) is 15.2. The number of thiazole rings is 1. The molecule has 0 aliphatic carbocycles. The predicted octanol–water partition coefficient (Wildman–Crippen LogP) is 4.53. The van der Waals surface area contributed by atoms with Gasteiger partial charge in [-0.05, 0) is 38.4 Å². The van der Waals surface area contributed by atoms with Crippen molar-refractivity contribution in [3.8, 4) is 0 Å². The molecule has 0 saturated heterocycles. The number of nitrogens with zero attached hydrogens (tertiary/aromatic N) is 4. The maximum Gasteiger partial charge on any atom is 0.324 e. The Balaban J connectivity index is 1.87. The van der Waals surface area contributed by atoms with Crippen LogP contribution in [0.25, 0.3) is 16.3 Å². The summed E-state index contributed by atoms with van der Waals surface area (Å²) in [5.41, 5.74) is 0.671. The number of para-hydroxylation sites is 1. The number of amides is 1. The molecule has 10 heteroatoms. The lowest BCUT2D eigenvalue weighted by Gasteiger charge is -2.20. The van der Waals surface area contributed by atoms with Crippen molar-refractivity contribution in [3.63, 3.8) is 0 Å². The number of aromatic nitrogens is 1. The quantitative estimate of drug-likeness (QED) is 0.309. The molecule has 0 aliphatic heterocycles. The molecule has 7 nitrogen and oxygen atoms in total. The van der Waals surface area contributed by atoms with Crippen LogP contribution in [0, 0.1) is 10.1 Å². The highest BCUT2D eigenvalue weighted by atomic mass is 35.5. The van der Waals surface area contributed by atoms with Gasteiger partial charge in [-0.2, -0.15) is 0 Å². The molecule has 0 saturated carbocycles. The second kappa shape index (κ2) is 8.78. The van der Waals surface area contributed by atoms with Crippen LogP contribution in [-0.2, 0) is 4.79 Å². The number of benzene rings is 1. The van der Waals surface area contributed by atoms with Crippen molar-refractivity contribution < 1.29 is 9.72 Å². The van der Waals surface area contributed by atoms with Gasteiger partial charge < -0.3 is 4.90 Å². The van der Waals surface area contributed by atoms with E-state index in [1.807, 2.05) is 31.1 Å². The lowest BCUT2D eigenvalue weighted by Crippen LogP contribution is -2.35. The molecular formula is C18H17ClN4O3S2. The van der Waals surface area contributed by atoms with Crippen LogP contribution >= 0.6 is 34.3 Å². The van der Waals surface area contributed by atoms with E-state index in [4.69, 9.17) is 11.6 Å². The number of hydrogen-bond acceptors (Lipinski definition) is 7. The predicted molar refractivity (Wildman–Crippen MR) is 116 cm³/mol. The molecule has 3 aromatic rings. The number of thiophene rings is 1. The fraction of sp³-hybridized carbons (Fsp3) is 0.222. The minimum atomic E-state index is -0.446. The van der Waals surface area contributed by atoms with Crippen LogP contribution in [0.3, 0.4) is 0 Å². The molecule has 0 atom stereocenters. The van der Waals surface area contributed by atoms with Crippen LogP contribution in [0.15, 0.2) is 36.4 Å². The molecule has 28 heavy (non-hydrogen) atoms. The fourth-order valence-electron chi connectivity index (χ4n) is 2.39. The average Bonchev–Trinajstić information content (AvgIpc) is 3.27. The van der Waals surface area contributed by atoms with Crippen LogP contribution in [0.2, 0.25) is 5.02 Å². The van der Waals surface area contributed by atoms with E-state index in [0.717, 1.165) is 16.0 Å². The Morgan fingerprint density at radius 3 is 2.68 bits per heavy atom. The number of nitro groups is 1. The van der Waals surface area contributed by atoms with Crippen LogP contribution in [0.1, 0.15) is 4.88 Å². The Morgan fingerprint density at radius 2 is 2.04 bits per heavy atom. The maximum absolute atomic E-state index is 12.9. The summed E-state index contributed by atoms with van der Waals surface area (Å²) in [5, 5.41) is 12.0. The topological polar surface area (TPSA) is 79.6 Å². The summed E-state index contributed by atoms with van der Waals surface area (Å²) in [4.78, 5) is 32.0. The average molecular weight is 437 g/mol. The van der Waals surface area contributed by atoms with Gasteiger partial charge in [0, 0.05) is 30.1 Å². The highest BCUT2D eigenvalue weighted by Crippen LogP contribution is 2.33. The van der Waals surface area contributed by atoms with Gasteiger partial charge in [-0.3, -0.25) is 19.8 Å². The SMILES string of the molecule is CN(C)CCN(C(=O)/C=C/c1ccc([N+](=O)[O-])s1)c1nc2c(Cl)cccc2s1. The maximum atomic E-state index is 12.9. The monoisotopic (exact) mass is 436 g/mol. The van der Waals surface area contributed by atoms with Crippen LogP contribution in [-0.4, -0.2) is 47.9 Å². The molecule has 0 radical (unpaired) electrons. The van der Waals surface area contributed by atoms with Crippen molar-refractivity contribution in [2.24, 2.45) is 0 Å². The Bertz CT molecular complexity index is 1040. The van der Waals surface area contributed by atoms with Gasteiger partial charge in [0.05, 0.1) is 14.6 Å². The number of carbonyl (C=O) groups is 1. The summed E-state index contributed by atoms with van der Waals surface area (Å²) in [6, 6.07) is 8.57. The number of anilines is 1. The normalized spacial score (nSPS) is 11.6. The van der Waals surface area contributed by atoms with E-state index in [1.54, 1.807) is 23.1 Å². The van der Waals surface area contributed by atoms with Crippen molar-refractivity contribution in [1.29, 1.82) is 0 Å². The summed E-state index contributed by atoms with van der Waals surface area (Å²) >= 11 is 8.63. The van der Waals surface area contributed by atoms with E-state index in [2.05, 4.69) is 4.98 Å². The van der Waals surface area contributed by atoms with E-state index in [1.165, 1.54) is 23.5 Å². The van der Waals surface area contributed by atoms with Gasteiger partial charge in [-0.15, -0.1) is 0 Å². The summed E-state index contributed by atoms with van der Waals surface area (Å²) in [7, 11) is 3.86. The Hall–Kier alpha value is -2.33. The smallest absolute Gasteiger partial charge is 0.308 e. The molecule has 146 valence electrons. The number of carbonyl (C=O) groups excluding carboxylic acids is 1. The summed E-state index contributed by atoms with van der Waals surface area (Å²) in [6.45, 7) is 1.12. The number of fused-ring (bicyclic) bond motifs is 1. The largest absolute Gasteiger partial charge is 0.324 e. The number of halogens is 1. The van der Waals surface area contributed by atoms with Crippen molar-refractivity contribution in [1.82, 2.24) is 9.88 Å². The first kappa shape index (κ1) is 20.4. The molecule has 0 bridgehead atoms. The first-order valence-corrected chi connectivity index (χ1v) is 10.3. The number of hydrogen-bond donors (Lipinski definition) is 0. The van der Waals surface area contributed by atoms with Gasteiger partial charge in [-0.25, -0.2) is 4.98 Å². The van der Waals surface area contributed by atoms with Gasteiger partial charge in [0.2, 0.25) is 0 Å². The number of likely N-dealkylation sites (N-methyl/N-ethyl adjacent to an activating group) is 1. The first-order chi connectivity index (χ1) is 13.3.